The van der Waals surface area contributed by atoms with E-state index in [1.165, 1.54) is 10.9 Å². The van der Waals surface area contributed by atoms with Crippen molar-refractivity contribution in [1.82, 2.24) is 15.6 Å². The van der Waals surface area contributed by atoms with Crippen LogP contribution < -0.4 is 10.6 Å². The van der Waals surface area contributed by atoms with E-state index < -0.39 is 6.09 Å². The Morgan fingerprint density at radius 2 is 1.67 bits per heavy atom. The highest BCUT2D eigenvalue weighted by molar-refractivity contribution is 5.83. The van der Waals surface area contributed by atoms with Crippen LogP contribution in [0, 0.1) is 0 Å². The molecule has 0 bridgehead atoms. The predicted octanol–water partition coefficient (Wildman–Crippen LogP) is 4.31. The molecule has 1 heterocycles. The third-order valence-corrected chi connectivity index (χ3v) is 4.95. The number of aromatic nitrogens is 1. The fraction of sp³-hybridized carbons (Fsp3) is 0.333. The Morgan fingerprint density at radius 3 is 2.53 bits per heavy atom. The molecule has 6 heteroatoms. The molecule has 2 aromatic carbocycles. The van der Waals surface area contributed by atoms with Crippen LogP contribution in [0.25, 0.3) is 10.9 Å². The number of carbonyl (C=O) groups excluding carboxylic acids is 2. The minimum Gasteiger partial charge on any atom is -0.445 e. The normalized spacial score (nSPS) is 10.7. The summed E-state index contributed by atoms with van der Waals surface area (Å²) in [5.41, 5.74) is 3.30. The number of unbranched alkanes of at least 4 members (excludes halogenated alkanes) is 2. The van der Waals surface area contributed by atoms with Gasteiger partial charge < -0.3 is 20.4 Å². The van der Waals surface area contributed by atoms with Crippen LogP contribution in [-0.4, -0.2) is 30.1 Å². The number of benzene rings is 2. The first-order chi connectivity index (χ1) is 14.7. The number of hydrogen-bond acceptors (Lipinski definition) is 3. The summed E-state index contributed by atoms with van der Waals surface area (Å²) in [6.45, 7) is 1.46. The lowest BCUT2D eigenvalue weighted by atomic mass is 10.1. The SMILES string of the molecule is O=C(CCCCCNC(=O)OCc1ccccc1)NCCc1c[nH]c2ccccc12. The molecule has 0 aliphatic rings. The Balaban J connectivity index is 1.19. The van der Waals surface area contributed by atoms with Crippen LogP contribution in [0.15, 0.2) is 60.8 Å². The fourth-order valence-electron chi connectivity index (χ4n) is 3.32. The van der Waals surface area contributed by atoms with Crippen LogP contribution in [0.4, 0.5) is 4.79 Å². The second kappa shape index (κ2) is 11.7. The van der Waals surface area contributed by atoms with Crippen LogP contribution in [0.2, 0.25) is 0 Å². The maximum Gasteiger partial charge on any atom is 0.407 e. The van der Waals surface area contributed by atoms with E-state index in [0.29, 0.717) is 19.5 Å². The number of fused-ring (bicyclic) bond motifs is 1. The van der Waals surface area contributed by atoms with Crippen molar-refractivity contribution < 1.29 is 14.3 Å². The van der Waals surface area contributed by atoms with Crippen molar-refractivity contribution in [2.75, 3.05) is 13.1 Å². The summed E-state index contributed by atoms with van der Waals surface area (Å²) < 4.78 is 5.16. The number of nitrogens with one attached hydrogen (secondary N) is 3. The number of para-hydroxylation sites is 1. The number of carbonyl (C=O) groups is 2. The zero-order valence-corrected chi connectivity index (χ0v) is 17.2. The molecule has 2 amide bonds. The van der Waals surface area contributed by atoms with Gasteiger partial charge in [0.05, 0.1) is 0 Å². The quantitative estimate of drug-likeness (QED) is 0.414. The molecule has 0 aliphatic carbocycles. The molecule has 0 aliphatic heterocycles. The molecular weight excluding hydrogens is 378 g/mol. The molecule has 0 fully saturated rings. The van der Waals surface area contributed by atoms with Crippen molar-refractivity contribution in [3.05, 3.63) is 71.9 Å². The number of alkyl carbamates (subject to hydrolysis) is 1. The average molecular weight is 408 g/mol. The van der Waals surface area contributed by atoms with Crippen LogP contribution in [-0.2, 0) is 22.6 Å². The van der Waals surface area contributed by atoms with E-state index in [9.17, 15) is 9.59 Å². The van der Waals surface area contributed by atoms with E-state index in [0.717, 1.165) is 36.8 Å². The lowest BCUT2D eigenvalue weighted by Gasteiger charge is -2.07. The van der Waals surface area contributed by atoms with Crippen molar-refractivity contribution in [2.24, 2.45) is 0 Å². The third-order valence-electron chi connectivity index (χ3n) is 4.95. The largest absolute Gasteiger partial charge is 0.445 e. The molecule has 1 aromatic heterocycles. The number of rotatable bonds is 11. The van der Waals surface area contributed by atoms with Crippen molar-refractivity contribution in [3.8, 4) is 0 Å². The Morgan fingerprint density at radius 1 is 0.867 bits per heavy atom. The molecule has 3 N–H and O–H groups in total. The monoisotopic (exact) mass is 407 g/mol. The van der Waals surface area contributed by atoms with Gasteiger partial charge in [-0.3, -0.25) is 4.79 Å². The first kappa shape index (κ1) is 21.4. The maximum atomic E-state index is 12.0. The molecule has 158 valence electrons. The van der Waals surface area contributed by atoms with Crippen molar-refractivity contribution >= 4 is 22.9 Å². The first-order valence-electron chi connectivity index (χ1n) is 10.5. The van der Waals surface area contributed by atoms with Gasteiger partial charge in [0, 0.05) is 36.6 Å². The Bertz CT molecular complexity index is 937. The van der Waals surface area contributed by atoms with Crippen LogP contribution >= 0.6 is 0 Å². The molecule has 0 spiro atoms. The molecule has 6 nitrogen and oxygen atoms in total. The van der Waals surface area contributed by atoms with Gasteiger partial charge >= 0.3 is 6.09 Å². The summed E-state index contributed by atoms with van der Waals surface area (Å²) in [6, 6.07) is 17.8. The maximum absolute atomic E-state index is 12.0. The highest BCUT2D eigenvalue weighted by Gasteiger charge is 2.05. The molecule has 0 saturated carbocycles. The molecule has 0 unspecified atom stereocenters. The fourth-order valence-corrected chi connectivity index (χ4v) is 3.32. The standard InChI is InChI=1S/C24H29N3O3/c28-23(25-16-14-20-17-27-22-12-7-6-11-21(20)22)13-5-2-8-15-26-24(29)30-18-19-9-3-1-4-10-19/h1,3-4,6-7,9-12,17,27H,2,5,8,13-16,18H2,(H,25,28)(H,26,29). The van der Waals surface area contributed by atoms with Gasteiger partial charge in [0.1, 0.15) is 6.61 Å². The molecule has 3 rings (SSSR count). The first-order valence-corrected chi connectivity index (χ1v) is 10.5. The van der Waals surface area contributed by atoms with Crippen molar-refractivity contribution in [1.29, 1.82) is 0 Å². The van der Waals surface area contributed by atoms with Gasteiger partial charge in [-0.2, -0.15) is 0 Å². The van der Waals surface area contributed by atoms with Gasteiger partial charge in [0.2, 0.25) is 5.91 Å². The average Bonchev–Trinajstić information content (AvgIpc) is 3.18. The summed E-state index contributed by atoms with van der Waals surface area (Å²) in [5.74, 6) is 0.0741. The molecule has 0 radical (unpaired) electrons. The minimum atomic E-state index is -0.408. The van der Waals surface area contributed by atoms with Gasteiger partial charge in [-0.15, -0.1) is 0 Å². The Kier molecular flexibility index (Phi) is 8.33. The van der Waals surface area contributed by atoms with Gasteiger partial charge in [0.25, 0.3) is 0 Å². The smallest absolute Gasteiger partial charge is 0.407 e. The van der Waals surface area contributed by atoms with Gasteiger partial charge in [-0.25, -0.2) is 4.79 Å². The number of ether oxygens (including phenoxy) is 1. The topological polar surface area (TPSA) is 83.2 Å². The molecule has 30 heavy (non-hydrogen) atoms. The lowest BCUT2D eigenvalue weighted by molar-refractivity contribution is -0.121. The van der Waals surface area contributed by atoms with Gasteiger partial charge in [0.15, 0.2) is 0 Å². The Labute approximate surface area is 177 Å². The minimum absolute atomic E-state index is 0.0741. The number of amides is 2. The highest BCUT2D eigenvalue weighted by atomic mass is 16.5. The second-order valence-electron chi connectivity index (χ2n) is 7.26. The van der Waals surface area contributed by atoms with Crippen LogP contribution in [0.1, 0.15) is 36.8 Å². The highest BCUT2D eigenvalue weighted by Crippen LogP contribution is 2.17. The van der Waals surface area contributed by atoms with Gasteiger partial charge in [-0.05, 0) is 36.5 Å². The Hall–Kier alpha value is -3.28. The van der Waals surface area contributed by atoms with Crippen LogP contribution in [0.5, 0.6) is 0 Å². The number of H-pyrrole nitrogens is 1. The molecule has 0 atom stereocenters. The summed E-state index contributed by atoms with van der Waals surface area (Å²) in [7, 11) is 0. The van der Waals surface area contributed by atoms with E-state index in [2.05, 4.69) is 27.8 Å². The number of hydrogen-bond donors (Lipinski definition) is 3. The van der Waals surface area contributed by atoms with E-state index in [1.54, 1.807) is 0 Å². The van der Waals surface area contributed by atoms with E-state index in [4.69, 9.17) is 4.74 Å². The summed E-state index contributed by atoms with van der Waals surface area (Å²) in [5, 5.41) is 6.94. The van der Waals surface area contributed by atoms with E-state index >= 15 is 0 Å². The van der Waals surface area contributed by atoms with Crippen LogP contribution in [0.3, 0.4) is 0 Å². The van der Waals surface area contributed by atoms with Gasteiger partial charge in [-0.1, -0.05) is 55.0 Å². The summed E-state index contributed by atoms with van der Waals surface area (Å²) in [6.07, 6.45) is 5.43. The predicted molar refractivity (Wildman–Crippen MR) is 118 cm³/mol. The zero-order chi connectivity index (χ0) is 21.0. The zero-order valence-electron chi connectivity index (χ0n) is 17.2. The van der Waals surface area contributed by atoms with Crippen molar-refractivity contribution in [2.45, 2.75) is 38.7 Å². The summed E-state index contributed by atoms with van der Waals surface area (Å²) >= 11 is 0. The summed E-state index contributed by atoms with van der Waals surface area (Å²) in [4.78, 5) is 26.9. The molecule has 0 saturated heterocycles. The van der Waals surface area contributed by atoms with Crippen molar-refractivity contribution in [3.63, 3.8) is 0 Å². The molecular formula is C24H29N3O3. The number of aromatic amines is 1. The molecule has 3 aromatic rings. The van der Waals surface area contributed by atoms with E-state index in [-0.39, 0.29) is 12.5 Å². The third kappa shape index (κ3) is 6.95. The lowest BCUT2D eigenvalue weighted by Crippen LogP contribution is -2.26. The second-order valence-corrected chi connectivity index (χ2v) is 7.26. The van der Waals surface area contributed by atoms with E-state index in [1.807, 2.05) is 48.7 Å².